The van der Waals surface area contributed by atoms with Crippen molar-refractivity contribution in [3.8, 4) is 11.5 Å². The Bertz CT molecular complexity index is 400. The smallest absolute Gasteiger partial charge is 0.127 e. The van der Waals surface area contributed by atoms with E-state index in [0.29, 0.717) is 0 Å². The normalized spacial score (nSPS) is 16.1. The largest absolute Gasteiger partial charge is 0.493 e. The van der Waals surface area contributed by atoms with Gasteiger partial charge in [-0.1, -0.05) is 48.2 Å². The first-order chi connectivity index (χ1) is 9.83. The molecule has 2 rings (SSSR count). The fourth-order valence-corrected chi connectivity index (χ4v) is 3.11. The highest BCUT2D eigenvalue weighted by atomic mass is 79.9. The molecule has 1 saturated carbocycles. The summed E-state index contributed by atoms with van der Waals surface area (Å²) in [4.78, 5) is 0. The molecule has 0 aromatic heterocycles. The first kappa shape index (κ1) is 15.7. The molecule has 1 aliphatic rings. The fraction of sp³-hybridized carbons (Fsp3) is 0.647. The molecular formula is C17H25BrO2. The molecule has 0 N–H and O–H groups in total. The van der Waals surface area contributed by atoms with Gasteiger partial charge < -0.3 is 9.47 Å². The van der Waals surface area contributed by atoms with E-state index in [1.807, 2.05) is 12.1 Å². The number of rotatable bonds is 7. The van der Waals surface area contributed by atoms with Gasteiger partial charge in [-0.2, -0.15) is 0 Å². The lowest BCUT2D eigenvalue weighted by Crippen LogP contribution is -2.15. The topological polar surface area (TPSA) is 18.5 Å². The first-order valence-electron chi connectivity index (χ1n) is 7.78. The van der Waals surface area contributed by atoms with Gasteiger partial charge in [0.2, 0.25) is 0 Å². The number of halogens is 1. The van der Waals surface area contributed by atoms with Gasteiger partial charge in [0.05, 0.1) is 13.2 Å². The van der Waals surface area contributed by atoms with Gasteiger partial charge in [0, 0.05) is 17.0 Å². The minimum absolute atomic E-state index is 0.729. The number of alkyl halides is 1. The average molecular weight is 341 g/mol. The molecule has 0 heterocycles. The molecule has 0 bridgehead atoms. The van der Waals surface area contributed by atoms with Gasteiger partial charge >= 0.3 is 0 Å². The zero-order chi connectivity index (χ0) is 14.2. The molecule has 0 atom stereocenters. The van der Waals surface area contributed by atoms with Crippen LogP contribution in [0.2, 0.25) is 0 Å². The van der Waals surface area contributed by atoms with Crippen LogP contribution in [-0.2, 0) is 5.33 Å². The Kier molecular flexibility index (Phi) is 6.71. The Morgan fingerprint density at radius 2 is 1.95 bits per heavy atom. The van der Waals surface area contributed by atoms with Gasteiger partial charge in [-0.25, -0.2) is 0 Å². The van der Waals surface area contributed by atoms with Gasteiger partial charge in [0.1, 0.15) is 11.5 Å². The zero-order valence-electron chi connectivity index (χ0n) is 12.4. The van der Waals surface area contributed by atoms with Crippen molar-refractivity contribution in [3.05, 3.63) is 23.8 Å². The molecule has 112 valence electrons. The van der Waals surface area contributed by atoms with Crippen LogP contribution in [0.15, 0.2) is 18.2 Å². The molecule has 3 heteroatoms. The van der Waals surface area contributed by atoms with Crippen LogP contribution in [-0.4, -0.2) is 13.2 Å². The number of ether oxygens (including phenoxy) is 2. The summed E-state index contributed by atoms with van der Waals surface area (Å²) in [5, 5.41) is 0.820. The monoisotopic (exact) mass is 340 g/mol. The van der Waals surface area contributed by atoms with E-state index in [2.05, 4.69) is 28.9 Å². The van der Waals surface area contributed by atoms with Crippen LogP contribution in [0, 0.1) is 5.92 Å². The van der Waals surface area contributed by atoms with Crippen molar-refractivity contribution in [1.29, 1.82) is 0 Å². The van der Waals surface area contributed by atoms with Crippen molar-refractivity contribution in [2.45, 2.75) is 50.8 Å². The van der Waals surface area contributed by atoms with E-state index in [4.69, 9.17) is 9.47 Å². The Hall–Kier alpha value is -0.700. The SMILES string of the molecule is CCCOc1ccc(CBr)c(OCC2CCCCC2)c1. The van der Waals surface area contributed by atoms with E-state index in [1.54, 1.807) is 0 Å². The Morgan fingerprint density at radius 3 is 2.65 bits per heavy atom. The molecule has 0 saturated heterocycles. The minimum atomic E-state index is 0.729. The molecule has 1 fully saturated rings. The van der Waals surface area contributed by atoms with Crippen molar-refractivity contribution in [3.63, 3.8) is 0 Å². The van der Waals surface area contributed by atoms with E-state index in [1.165, 1.54) is 37.7 Å². The molecule has 1 aromatic carbocycles. The molecule has 1 aliphatic carbocycles. The van der Waals surface area contributed by atoms with Crippen LogP contribution >= 0.6 is 15.9 Å². The molecule has 0 radical (unpaired) electrons. The predicted molar refractivity (Wildman–Crippen MR) is 86.9 cm³/mol. The predicted octanol–water partition coefficient (Wildman–Crippen LogP) is 5.33. The summed E-state index contributed by atoms with van der Waals surface area (Å²) in [7, 11) is 0. The Morgan fingerprint density at radius 1 is 1.15 bits per heavy atom. The molecule has 0 unspecified atom stereocenters. The van der Waals surface area contributed by atoms with Gasteiger partial charge in [-0.15, -0.1) is 0 Å². The molecule has 20 heavy (non-hydrogen) atoms. The summed E-state index contributed by atoms with van der Waals surface area (Å²) in [6.07, 6.45) is 7.77. The number of benzene rings is 1. The number of hydrogen-bond donors (Lipinski definition) is 0. The summed E-state index contributed by atoms with van der Waals surface area (Å²) in [5.74, 6) is 2.61. The quantitative estimate of drug-likeness (QED) is 0.624. The van der Waals surface area contributed by atoms with Crippen molar-refractivity contribution >= 4 is 15.9 Å². The van der Waals surface area contributed by atoms with Crippen LogP contribution in [0.4, 0.5) is 0 Å². The highest BCUT2D eigenvalue weighted by molar-refractivity contribution is 9.08. The maximum atomic E-state index is 6.08. The summed E-state index contributed by atoms with van der Waals surface area (Å²) in [5.41, 5.74) is 1.20. The maximum Gasteiger partial charge on any atom is 0.127 e. The second-order valence-electron chi connectivity index (χ2n) is 5.57. The number of hydrogen-bond acceptors (Lipinski definition) is 2. The highest BCUT2D eigenvalue weighted by Gasteiger charge is 2.15. The van der Waals surface area contributed by atoms with E-state index in [0.717, 1.165) is 42.4 Å². The Balaban J connectivity index is 1.96. The van der Waals surface area contributed by atoms with E-state index >= 15 is 0 Å². The fourth-order valence-electron chi connectivity index (χ4n) is 2.65. The zero-order valence-corrected chi connectivity index (χ0v) is 14.0. The molecule has 0 spiro atoms. The van der Waals surface area contributed by atoms with E-state index in [-0.39, 0.29) is 0 Å². The van der Waals surface area contributed by atoms with Gasteiger partial charge in [-0.3, -0.25) is 0 Å². The van der Waals surface area contributed by atoms with Crippen LogP contribution in [0.5, 0.6) is 11.5 Å². The van der Waals surface area contributed by atoms with Crippen LogP contribution in [0.1, 0.15) is 51.0 Å². The average Bonchev–Trinajstić information content (AvgIpc) is 2.52. The van der Waals surface area contributed by atoms with Crippen LogP contribution in [0.25, 0.3) is 0 Å². The minimum Gasteiger partial charge on any atom is -0.493 e. The third-order valence-electron chi connectivity index (χ3n) is 3.85. The van der Waals surface area contributed by atoms with Crippen molar-refractivity contribution < 1.29 is 9.47 Å². The molecule has 1 aromatic rings. The lowest BCUT2D eigenvalue weighted by atomic mass is 9.90. The second-order valence-corrected chi connectivity index (χ2v) is 6.13. The lowest BCUT2D eigenvalue weighted by Gasteiger charge is -2.22. The summed E-state index contributed by atoms with van der Waals surface area (Å²) in [6.45, 7) is 3.72. The van der Waals surface area contributed by atoms with E-state index < -0.39 is 0 Å². The molecular weight excluding hydrogens is 316 g/mol. The standard InChI is InChI=1S/C17H25BrO2/c1-2-10-19-16-9-8-15(12-18)17(11-16)20-13-14-6-4-3-5-7-14/h8-9,11,14H,2-7,10,12-13H2,1H3. The lowest BCUT2D eigenvalue weighted by molar-refractivity contribution is 0.207. The molecule has 0 aliphatic heterocycles. The van der Waals surface area contributed by atoms with Crippen molar-refractivity contribution in [2.75, 3.05) is 13.2 Å². The molecule has 0 amide bonds. The first-order valence-corrected chi connectivity index (χ1v) is 8.90. The van der Waals surface area contributed by atoms with E-state index in [9.17, 15) is 0 Å². The second kappa shape index (κ2) is 8.56. The van der Waals surface area contributed by atoms with Gasteiger partial charge in [-0.05, 0) is 31.2 Å². The van der Waals surface area contributed by atoms with Crippen molar-refractivity contribution in [2.24, 2.45) is 5.92 Å². The third-order valence-corrected chi connectivity index (χ3v) is 4.46. The third kappa shape index (κ3) is 4.69. The summed E-state index contributed by atoms with van der Waals surface area (Å²) in [6, 6.07) is 6.16. The van der Waals surface area contributed by atoms with Crippen molar-refractivity contribution in [1.82, 2.24) is 0 Å². The van der Waals surface area contributed by atoms with Crippen LogP contribution in [0.3, 0.4) is 0 Å². The summed E-state index contributed by atoms with van der Waals surface area (Å²) < 4.78 is 11.8. The maximum absolute atomic E-state index is 6.08. The highest BCUT2D eigenvalue weighted by Crippen LogP contribution is 2.29. The summed E-state index contributed by atoms with van der Waals surface area (Å²) >= 11 is 3.53. The molecule has 2 nitrogen and oxygen atoms in total. The van der Waals surface area contributed by atoms with Crippen LogP contribution < -0.4 is 9.47 Å². The van der Waals surface area contributed by atoms with Gasteiger partial charge in [0.25, 0.3) is 0 Å². The van der Waals surface area contributed by atoms with Gasteiger partial charge in [0.15, 0.2) is 0 Å². The Labute approximate surface area is 131 Å².